The van der Waals surface area contributed by atoms with Crippen LogP contribution in [-0.2, 0) is 9.53 Å². The molecule has 0 amide bonds. The molecule has 19 heavy (non-hydrogen) atoms. The van der Waals surface area contributed by atoms with Crippen LogP contribution in [0.25, 0.3) is 0 Å². The molecule has 0 aliphatic carbocycles. The van der Waals surface area contributed by atoms with E-state index in [-0.39, 0.29) is 5.97 Å². The predicted octanol–water partition coefficient (Wildman–Crippen LogP) is 2.92. The zero-order valence-corrected chi connectivity index (χ0v) is 12.3. The molecule has 0 radical (unpaired) electrons. The van der Waals surface area contributed by atoms with Crippen LogP contribution < -0.4 is 10.1 Å². The minimum atomic E-state index is -0.198. The molecule has 0 spiro atoms. The minimum Gasteiger partial charge on any atom is -0.491 e. The van der Waals surface area contributed by atoms with Crippen molar-refractivity contribution in [3.8, 4) is 5.75 Å². The second-order valence-corrected chi connectivity index (χ2v) is 4.57. The third-order valence-electron chi connectivity index (χ3n) is 2.24. The van der Waals surface area contributed by atoms with E-state index in [0.717, 1.165) is 0 Å². The van der Waals surface area contributed by atoms with Crippen molar-refractivity contribution in [2.75, 3.05) is 26.3 Å². The number of esters is 1. The Morgan fingerprint density at radius 3 is 2.79 bits per heavy atom. The summed E-state index contributed by atoms with van der Waals surface area (Å²) in [5.41, 5.74) is 0. The number of carbonyl (C=O) groups is 1. The summed E-state index contributed by atoms with van der Waals surface area (Å²) in [5, 5.41) is 4.14. The van der Waals surface area contributed by atoms with Crippen molar-refractivity contribution in [2.45, 2.75) is 13.3 Å². The van der Waals surface area contributed by atoms with E-state index in [4.69, 9.17) is 32.7 Å². The topological polar surface area (TPSA) is 47.6 Å². The fourth-order valence-corrected chi connectivity index (χ4v) is 1.84. The second kappa shape index (κ2) is 9.02. The normalized spacial score (nSPS) is 10.3. The Hall–Kier alpha value is -0.970. The number of hydrogen-bond donors (Lipinski definition) is 1. The van der Waals surface area contributed by atoms with Gasteiger partial charge in [-0.2, -0.15) is 0 Å². The molecule has 1 N–H and O–H groups in total. The largest absolute Gasteiger partial charge is 0.491 e. The van der Waals surface area contributed by atoms with Gasteiger partial charge in [0.2, 0.25) is 0 Å². The highest BCUT2D eigenvalue weighted by Crippen LogP contribution is 2.27. The first-order valence-electron chi connectivity index (χ1n) is 6.07. The van der Waals surface area contributed by atoms with Crippen molar-refractivity contribution in [1.29, 1.82) is 0 Å². The number of carbonyl (C=O) groups excluding carboxylic acids is 1. The van der Waals surface area contributed by atoms with Crippen LogP contribution in [0.5, 0.6) is 5.75 Å². The summed E-state index contributed by atoms with van der Waals surface area (Å²) in [6, 6.07) is 5.08. The molecule has 1 rings (SSSR count). The SMILES string of the molecule is CCOC(=O)CCNCCOc1ccc(Cl)cc1Cl. The van der Waals surface area contributed by atoms with Gasteiger partial charge in [-0.15, -0.1) is 0 Å². The van der Waals surface area contributed by atoms with Crippen molar-refractivity contribution >= 4 is 29.2 Å². The van der Waals surface area contributed by atoms with E-state index in [1.54, 1.807) is 25.1 Å². The van der Waals surface area contributed by atoms with Crippen LogP contribution >= 0.6 is 23.2 Å². The predicted molar refractivity (Wildman–Crippen MR) is 76.1 cm³/mol. The number of ether oxygens (including phenoxy) is 2. The Kier molecular flexibility index (Phi) is 7.63. The van der Waals surface area contributed by atoms with Gasteiger partial charge < -0.3 is 14.8 Å². The lowest BCUT2D eigenvalue weighted by Gasteiger charge is -2.09. The maximum atomic E-state index is 11.1. The Morgan fingerprint density at radius 2 is 2.11 bits per heavy atom. The van der Waals surface area contributed by atoms with Gasteiger partial charge in [0.25, 0.3) is 0 Å². The molecule has 6 heteroatoms. The summed E-state index contributed by atoms with van der Waals surface area (Å²) in [6.07, 6.45) is 0.357. The average Bonchev–Trinajstić information content (AvgIpc) is 2.36. The molecule has 0 bridgehead atoms. The molecular formula is C13H17Cl2NO3. The molecule has 1 aromatic rings. The number of benzene rings is 1. The van der Waals surface area contributed by atoms with Crippen molar-refractivity contribution in [1.82, 2.24) is 5.32 Å². The molecule has 0 fully saturated rings. The van der Waals surface area contributed by atoms with Crippen molar-refractivity contribution < 1.29 is 14.3 Å². The fourth-order valence-electron chi connectivity index (χ4n) is 1.37. The van der Waals surface area contributed by atoms with Crippen LogP contribution in [0.3, 0.4) is 0 Å². The van der Waals surface area contributed by atoms with Crippen LogP contribution in [0.2, 0.25) is 10.0 Å². The van der Waals surface area contributed by atoms with Gasteiger partial charge in [0.05, 0.1) is 18.1 Å². The fraction of sp³-hybridized carbons (Fsp3) is 0.462. The first kappa shape index (κ1) is 16.1. The maximum Gasteiger partial charge on any atom is 0.307 e. The minimum absolute atomic E-state index is 0.198. The lowest BCUT2D eigenvalue weighted by Crippen LogP contribution is -2.24. The molecule has 1 aromatic carbocycles. The Bertz CT molecular complexity index is 413. The molecule has 0 heterocycles. The Morgan fingerprint density at radius 1 is 1.32 bits per heavy atom. The van der Waals surface area contributed by atoms with Crippen LogP contribution in [0, 0.1) is 0 Å². The second-order valence-electron chi connectivity index (χ2n) is 3.73. The zero-order chi connectivity index (χ0) is 14.1. The number of rotatable bonds is 8. The lowest BCUT2D eigenvalue weighted by atomic mass is 10.3. The highest BCUT2D eigenvalue weighted by Gasteiger charge is 2.02. The van der Waals surface area contributed by atoms with Crippen LogP contribution in [0.15, 0.2) is 18.2 Å². The van der Waals surface area contributed by atoms with Crippen LogP contribution in [0.1, 0.15) is 13.3 Å². The van der Waals surface area contributed by atoms with E-state index in [2.05, 4.69) is 5.32 Å². The summed E-state index contributed by atoms with van der Waals surface area (Å²) in [7, 11) is 0. The lowest BCUT2D eigenvalue weighted by molar-refractivity contribution is -0.142. The Balaban J connectivity index is 2.12. The third kappa shape index (κ3) is 6.66. The quantitative estimate of drug-likeness (QED) is 0.592. The zero-order valence-electron chi connectivity index (χ0n) is 10.7. The highest BCUT2D eigenvalue weighted by molar-refractivity contribution is 6.35. The van der Waals surface area contributed by atoms with E-state index in [1.165, 1.54) is 0 Å². The molecule has 106 valence electrons. The molecule has 0 atom stereocenters. The van der Waals surface area contributed by atoms with Crippen molar-refractivity contribution in [3.05, 3.63) is 28.2 Å². The van der Waals surface area contributed by atoms with E-state index in [0.29, 0.717) is 48.5 Å². The van der Waals surface area contributed by atoms with Crippen molar-refractivity contribution in [3.63, 3.8) is 0 Å². The van der Waals surface area contributed by atoms with Gasteiger partial charge in [-0.1, -0.05) is 23.2 Å². The Labute approximate surface area is 123 Å². The van der Waals surface area contributed by atoms with Gasteiger partial charge in [0.1, 0.15) is 12.4 Å². The van der Waals surface area contributed by atoms with Gasteiger partial charge in [-0.3, -0.25) is 4.79 Å². The number of hydrogen-bond acceptors (Lipinski definition) is 4. The third-order valence-corrected chi connectivity index (χ3v) is 2.77. The van der Waals surface area contributed by atoms with E-state index in [9.17, 15) is 4.79 Å². The molecule has 0 aliphatic heterocycles. The van der Waals surface area contributed by atoms with Gasteiger partial charge in [-0.25, -0.2) is 0 Å². The molecule has 4 nitrogen and oxygen atoms in total. The van der Waals surface area contributed by atoms with Gasteiger partial charge in [0.15, 0.2) is 0 Å². The molecule has 0 aromatic heterocycles. The van der Waals surface area contributed by atoms with Crippen LogP contribution in [-0.4, -0.2) is 32.3 Å². The van der Waals surface area contributed by atoms with Gasteiger partial charge in [0, 0.05) is 18.1 Å². The highest BCUT2D eigenvalue weighted by atomic mass is 35.5. The molecule has 0 aliphatic rings. The maximum absolute atomic E-state index is 11.1. The smallest absolute Gasteiger partial charge is 0.307 e. The summed E-state index contributed by atoms with van der Waals surface area (Å²) in [6.45, 7) is 3.85. The molecular weight excluding hydrogens is 289 g/mol. The van der Waals surface area contributed by atoms with E-state index >= 15 is 0 Å². The van der Waals surface area contributed by atoms with E-state index in [1.807, 2.05) is 0 Å². The van der Waals surface area contributed by atoms with Crippen LogP contribution in [0.4, 0.5) is 0 Å². The molecule has 0 saturated carbocycles. The summed E-state index contributed by atoms with van der Waals surface area (Å²) < 4.78 is 10.3. The number of halogens is 2. The first-order valence-corrected chi connectivity index (χ1v) is 6.83. The number of nitrogens with one attached hydrogen (secondary N) is 1. The van der Waals surface area contributed by atoms with Crippen molar-refractivity contribution in [2.24, 2.45) is 0 Å². The monoisotopic (exact) mass is 305 g/mol. The average molecular weight is 306 g/mol. The van der Waals surface area contributed by atoms with Gasteiger partial charge in [-0.05, 0) is 25.1 Å². The van der Waals surface area contributed by atoms with Gasteiger partial charge >= 0.3 is 5.97 Å². The summed E-state index contributed by atoms with van der Waals surface area (Å²) in [5.74, 6) is 0.398. The molecule has 0 unspecified atom stereocenters. The first-order chi connectivity index (χ1) is 9.13. The summed E-state index contributed by atoms with van der Waals surface area (Å²) in [4.78, 5) is 11.1. The summed E-state index contributed by atoms with van der Waals surface area (Å²) >= 11 is 11.7. The standard InChI is InChI=1S/C13H17Cl2NO3/c1-2-18-13(17)5-6-16-7-8-19-12-4-3-10(14)9-11(12)15/h3-4,9,16H,2,5-8H2,1H3. The molecule has 0 saturated heterocycles. The van der Waals surface area contributed by atoms with E-state index < -0.39 is 0 Å².